The summed E-state index contributed by atoms with van der Waals surface area (Å²) in [6.07, 6.45) is -1.56. The third-order valence-electron chi connectivity index (χ3n) is 6.60. The van der Waals surface area contributed by atoms with Gasteiger partial charge in [-0.15, -0.1) is 0 Å². The molecule has 0 unspecified atom stereocenters. The number of nitrogens with two attached hydrogens (primary N) is 1. The fourth-order valence-corrected chi connectivity index (χ4v) is 5.52. The standard InChI is InChI=1S/C26H26F3N7O4S/c1-33(2)15-22-31-11-13-34(22)16-4-6-17(7-5-16)35-12-10-19-23(25(35)37)36(32-24(19)26(27,28)29)20-9-8-18(40-3)14-21(20)41(30,38)39/h4-9,11,13-14H,10,12,15H2,1-3H3,(H2,30,38,39). The van der Waals surface area contributed by atoms with Crippen molar-refractivity contribution in [3.63, 3.8) is 0 Å². The molecule has 0 spiro atoms. The Morgan fingerprint density at radius 2 is 1.78 bits per heavy atom. The van der Waals surface area contributed by atoms with Gasteiger partial charge in [-0.2, -0.15) is 18.3 Å². The van der Waals surface area contributed by atoms with Gasteiger partial charge in [0.05, 0.1) is 19.3 Å². The Labute approximate surface area is 233 Å². The first-order chi connectivity index (χ1) is 19.3. The first kappa shape index (κ1) is 28.3. The van der Waals surface area contributed by atoms with Crippen molar-refractivity contribution in [2.45, 2.75) is 24.0 Å². The molecule has 0 atom stereocenters. The number of nitrogens with zero attached hydrogens (tertiary/aromatic N) is 6. The van der Waals surface area contributed by atoms with Gasteiger partial charge in [-0.25, -0.2) is 23.2 Å². The van der Waals surface area contributed by atoms with Crippen LogP contribution in [-0.4, -0.2) is 66.3 Å². The lowest BCUT2D eigenvalue weighted by Crippen LogP contribution is -2.39. The van der Waals surface area contributed by atoms with Gasteiger partial charge in [0.15, 0.2) is 5.69 Å². The number of carbonyl (C=O) groups is 1. The van der Waals surface area contributed by atoms with Crippen LogP contribution in [0.3, 0.4) is 0 Å². The van der Waals surface area contributed by atoms with Gasteiger partial charge in [-0.3, -0.25) is 4.79 Å². The molecule has 2 N–H and O–H groups in total. The maximum absolute atomic E-state index is 14.0. The number of aromatic nitrogens is 4. The van der Waals surface area contributed by atoms with Crippen LogP contribution in [0.5, 0.6) is 5.75 Å². The Bertz CT molecular complexity index is 1730. The maximum atomic E-state index is 14.0. The van der Waals surface area contributed by atoms with Crippen LogP contribution in [0.1, 0.15) is 27.6 Å². The number of ether oxygens (including phenoxy) is 1. The van der Waals surface area contributed by atoms with Crippen molar-refractivity contribution in [2.75, 3.05) is 32.6 Å². The summed E-state index contributed by atoms with van der Waals surface area (Å²) in [4.78, 5) is 20.9. The van der Waals surface area contributed by atoms with Gasteiger partial charge < -0.3 is 19.1 Å². The molecule has 41 heavy (non-hydrogen) atoms. The van der Waals surface area contributed by atoms with Gasteiger partial charge in [0.2, 0.25) is 10.0 Å². The number of carbonyl (C=O) groups excluding carboxylic acids is 1. The Morgan fingerprint density at radius 3 is 2.39 bits per heavy atom. The summed E-state index contributed by atoms with van der Waals surface area (Å²) >= 11 is 0. The second-order valence-corrected chi connectivity index (χ2v) is 11.2. The molecular weight excluding hydrogens is 563 g/mol. The third kappa shape index (κ3) is 5.30. The number of anilines is 1. The van der Waals surface area contributed by atoms with E-state index in [1.54, 1.807) is 36.7 Å². The monoisotopic (exact) mass is 589 g/mol. The molecule has 0 aliphatic carbocycles. The predicted octanol–water partition coefficient (Wildman–Crippen LogP) is 3.00. The lowest BCUT2D eigenvalue weighted by Gasteiger charge is -2.28. The fourth-order valence-electron chi connectivity index (χ4n) is 4.79. The largest absolute Gasteiger partial charge is 0.497 e. The van der Waals surface area contributed by atoms with E-state index in [2.05, 4.69) is 10.1 Å². The zero-order chi connectivity index (χ0) is 29.7. The summed E-state index contributed by atoms with van der Waals surface area (Å²) in [5.74, 6) is 0.138. The maximum Gasteiger partial charge on any atom is 0.435 e. The Hall–Kier alpha value is -4.21. The SMILES string of the molecule is COc1ccc(-n2nc(C(F)(F)F)c3c2C(=O)N(c2ccc(-n4ccnc4CN(C)C)cc2)CC3)c(S(N)(=O)=O)c1. The fraction of sp³-hybridized carbons (Fsp3) is 0.269. The third-order valence-corrected chi connectivity index (χ3v) is 7.54. The molecule has 0 bridgehead atoms. The Morgan fingerprint density at radius 1 is 1.10 bits per heavy atom. The number of alkyl halides is 3. The van der Waals surface area contributed by atoms with Crippen molar-refractivity contribution in [2.24, 2.45) is 5.14 Å². The van der Waals surface area contributed by atoms with Crippen molar-refractivity contribution in [1.29, 1.82) is 0 Å². The van der Waals surface area contributed by atoms with Crippen molar-refractivity contribution >= 4 is 21.6 Å². The number of benzene rings is 2. The van der Waals surface area contributed by atoms with Gasteiger partial charge in [-0.1, -0.05) is 0 Å². The highest BCUT2D eigenvalue weighted by atomic mass is 32.2. The molecule has 1 amide bonds. The van der Waals surface area contributed by atoms with Crippen LogP contribution in [0.25, 0.3) is 11.4 Å². The quantitative estimate of drug-likeness (QED) is 0.351. The average molecular weight is 590 g/mol. The zero-order valence-electron chi connectivity index (χ0n) is 22.3. The number of sulfonamides is 1. The minimum atomic E-state index is -4.89. The number of hydrogen-bond donors (Lipinski definition) is 1. The Balaban J connectivity index is 1.59. The van der Waals surface area contributed by atoms with Crippen molar-refractivity contribution in [3.8, 4) is 17.1 Å². The van der Waals surface area contributed by atoms with Gasteiger partial charge >= 0.3 is 6.18 Å². The van der Waals surface area contributed by atoms with E-state index in [9.17, 15) is 26.4 Å². The molecule has 0 radical (unpaired) electrons. The smallest absolute Gasteiger partial charge is 0.435 e. The van der Waals surface area contributed by atoms with E-state index >= 15 is 0 Å². The number of amides is 1. The van der Waals surface area contributed by atoms with E-state index in [1.807, 2.05) is 23.6 Å². The van der Waals surface area contributed by atoms with E-state index < -0.39 is 38.4 Å². The van der Waals surface area contributed by atoms with Crippen LogP contribution in [0, 0.1) is 0 Å². The first-order valence-corrected chi connectivity index (χ1v) is 13.8. The van der Waals surface area contributed by atoms with Crippen molar-refractivity contribution < 1.29 is 31.1 Å². The summed E-state index contributed by atoms with van der Waals surface area (Å²) in [6, 6.07) is 10.5. The second-order valence-electron chi connectivity index (χ2n) is 9.64. The highest BCUT2D eigenvalue weighted by molar-refractivity contribution is 7.89. The van der Waals surface area contributed by atoms with E-state index in [4.69, 9.17) is 9.88 Å². The summed E-state index contributed by atoms with van der Waals surface area (Å²) in [5.41, 5.74) is -1.06. The van der Waals surface area contributed by atoms with Gasteiger partial charge in [0, 0.05) is 41.9 Å². The molecule has 2 aromatic carbocycles. The van der Waals surface area contributed by atoms with Crippen LogP contribution < -0.4 is 14.8 Å². The summed E-state index contributed by atoms with van der Waals surface area (Å²) in [6.45, 7) is 0.557. The van der Waals surface area contributed by atoms with E-state index in [-0.39, 0.29) is 30.0 Å². The lowest BCUT2D eigenvalue weighted by molar-refractivity contribution is -0.141. The molecule has 0 fully saturated rings. The molecule has 0 saturated heterocycles. The molecule has 4 aromatic rings. The molecule has 216 valence electrons. The van der Waals surface area contributed by atoms with E-state index in [0.29, 0.717) is 16.9 Å². The molecule has 1 aliphatic rings. The molecular formula is C26H26F3N7O4S. The van der Waals surface area contributed by atoms with Crippen LogP contribution in [0.15, 0.2) is 59.8 Å². The highest BCUT2D eigenvalue weighted by Gasteiger charge is 2.44. The van der Waals surface area contributed by atoms with Gasteiger partial charge in [0.1, 0.15) is 22.2 Å². The number of methoxy groups -OCH3 is 1. The number of rotatable bonds is 7. The molecule has 0 saturated carbocycles. The molecule has 1 aliphatic heterocycles. The number of halogens is 3. The second kappa shape index (κ2) is 10.3. The van der Waals surface area contributed by atoms with Crippen molar-refractivity contribution in [3.05, 3.63) is 77.6 Å². The summed E-state index contributed by atoms with van der Waals surface area (Å²) in [7, 11) is 0.692. The van der Waals surface area contributed by atoms with E-state index in [1.165, 1.54) is 24.1 Å². The van der Waals surface area contributed by atoms with Crippen LogP contribution in [0.4, 0.5) is 18.9 Å². The first-order valence-electron chi connectivity index (χ1n) is 12.3. The minimum Gasteiger partial charge on any atom is -0.497 e. The molecule has 2 aromatic heterocycles. The topological polar surface area (TPSA) is 129 Å². The van der Waals surface area contributed by atoms with E-state index in [0.717, 1.165) is 17.6 Å². The van der Waals surface area contributed by atoms with Crippen molar-refractivity contribution in [1.82, 2.24) is 24.2 Å². The summed E-state index contributed by atoms with van der Waals surface area (Å²) < 4.78 is 74.5. The Kier molecular flexibility index (Phi) is 7.13. The molecule has 5 rings (SSSR count). The molecule has 3 heterocycles. The zero-order valence-corrected chi connectivity index (χ0v) is 23.1. The number of imidazole rings is 1. The molecule has 11 nitrogen and oxygen atoms in total. The normalized spacial score (nSPS) is 14.0. The minimum absolute atomic E-state index is 0.0401. The van der Waals surface area contributed by atoms with Crippen LogP contribution >= 0.6 is 0 Å². The van der Waals surface area contributed by atoms with Gasteiger partial charge in [0.25, 0.3) is 5.91 Å². The van der Waals surface area contributed by atoms with Gasteiger partial charge in [-0.05, 0) is 56.9 Å². The molecule has 15 heteroatoms. The summed E-state index contributed by atoms with van der Waals surface area (Å²) in [5, 5.41) is 9.07. The lowest BCUT2D eigenvalue weighted by atomic mass is 10.0. The van der Waals surface area contributed by atoms with Crippen LogP contribution in [-0.2, 0) is 29.2 Å². The highest BCUT2D eigenvalue weighted by Crippen LogP contribution is 2.38. The number of fused-ring (bicyclic) bond motifs is 1. The van der Waals surface area contributed by atoms with Crippen LogP contribution in [0.2, 0.25) is 0 Å². The average Bonchev–Trinajstić information content (AvgIpc) is 3.53. The number of primary sulfonamides is 1. The number of hydrogen-bond acceptors (Lipinski definition) is 7. The predicted molar refractivity (Wildman–Crippen MR) is 143 cm³/mol.